The van der Waals surface area contributed by atoms with Crippen LogP contribution in [-0.4, -0.2) is 15.7 Å². The first kappa shape index (κ1) is 18.6. The van der Waals surface area contributed by atoms with E-state index in [9.17, 15) is 13.6 Å². The summed E-state index contributed by atoms with van der Waals surface area (Å²) in [4.78, 5) is 12.4. The van der Waals surface area contributed by atoms with Gasteiger partial charge in [0, 0.05) is 18.3 Å². The molecule has 0 aliphatic rings. The van der Waals surface area contributed by atoms with Crippen molar-refractivity contribution in [1.29, 1.82) is 0 Å². The second kappa shape index (κ2) is 7.99. The Hall–Kier alpha value is -3.22. The largest absolute Gasteiger partial charge is 0.486 e. The van der Waals surface area contributed by atoms with Crippen molar-refractivity contribution in [1.82, 2.24) is 9.78 Å². The highest BCUT2D eigenvalue weighted by Gasteiger charge is 2.14. The minimum Gasteiger partial charge on any atom is -0.486 e. The van der Waals surface area contributed by atoms with Crippen LogP contribution in [0.2, 0.25) is 0 Å². The molecule has 1 aromatic heterocycles. The maximum atomic E-state index is 14.3. The quantitative estimate of drug-likeness (QED) is 0.702. The molecule has 1 heterocycles. The summed E-state index contributed by atoms with van der Waals surface area (Å²) in [5.74, 6) is -1.35. The van der Waals surface area contributed by atoms with Gasteiger partial charge in [-0.3, -0.25) is 9.48 Å². The van der Waals surface area contributed by atoms with Crippen LogP contribution in [0.4, 0.5) is 14.5 Å². The number of carbonyl (C=O) groups excluding carboxylic acids is 1. The van der Waals surface area contributed by atoms with Crippen molar-refractivity contribution < 1.29 is 18.3 Å². The molecule has 0 radical (unpaired) electrons. The molecule has 27 heavy (non-hydrogen) atoms. The molecule has 2 aromatic carbocycles. The maximum Gasteiger partial charge on any atom is 0.273 e. The lowest BCUT2D eigenvalue weighted by molar-refractivity contribution is 0.101. The third-order valence-corrected chi connectivity index (χ3v) is 3.91. The monoisotopic (exact) mass is 371 g/mol. The average molecular weight is 371 g/mol. The molecule has 0 unspecified atom stereocenters. The van der Waals surface area contributed by atoms with Crippen molar-refractivity contribution >= 4 is 11.6 Å². The lowest BCUT2D eigenvalue weighted by atomic mass is 10.2. The van der Waals surface area contributed by atoms with Crippen LogP contribution in [0.3, 0.4) is 0 Å². The minimum absolute atomic E-state index is 0.0201. The maximum absolute atomic E-state index is 14.3. The van der Waals surface area contributed by atoms with Gasteiger partial charge in [-0.05, 0) is 49.7 Å². The number of ether oxygens (including phenoxy) is 1. The zero-order chi connectivity index (χ0) is 19.4. The van der Waals surface area contributed by atoms with E-state index in [-0.39, 0.29) is 24.1 Å². The van der Waals surface area contributed by atoms with E-state index in [2.05, 4.69) is 10.4 Å². The average Bonchev–Trinajstić information content (AvgIpc) is 3.02. The smallest absolute Gasteiger partial charge is 0.273 e. The molecule has 1 N–H and O–H groups in total. The molecule has 1 amide bonds. The van der Waals surface area contributed by atoms with Gasteiger partial charge in [-0.15, -0.1) is 0 Å². The molecule has 3 rings (SSSR count). The van der Waals surface area contributed by atoms with Gasteiger partial charge in [0.1, 0.15) is 18.1 Å². The number of rotatable bonds is 6. The summed E-state index contributed by atoms with van der Waals surface area (Å²) in [5.41, 5.74) is 2.03. The molecule has 0 saturated heterocycles. The highest BCUT2D eigenvalue weighted by Crippen LogP contribution is 2.23. The van der Waals surface area contributed by atoms with Crippen LogP contribution in [-0.2, 0) is 13.2 Å². The number of hydrogen-bond acceptors (Lipinski definition) is 3. The molecule has 140 valence electrons. The van der Waals surface area contributed by atoms with Crippen LogP contribution in [0.5, 0.6) is 5.75 Å². The Kier molecular flexibility index (Phi) is 5.49. The van der Waals surface area contributed by atoms with Crippen LogP contribution in [0.1, 0.15) is 28.7 Å². The summed E-state index contributed by atoms with van der Waals surface area (Å²) in [7, 11) is 0. The Morgan fingerprint density at radius 1 is 1.19 bits per heavy atom. The first-order valence-corrected chi connectivity index (χ1v) is 8.49. The SMILES string of the molecule is CCn1nc(C)cc1C(=O)Nc1ccc(OCc2cccc(F)c2)c(F)c1. The molecule has 0 aliphatic carbocycles. The molecule has 0 bridgehead atoms. The van der Waals surface area contributed by atoms with E-state index in [0.717, 1.165) is 5.69 Å². The van der Waals surface area contributed by atoms with Crippen molar-refractivity contribution in [3.05, 3.63) is 77.1 Å². The first-order chi connectivity index (χ1) is 13.0. The Morgan fingerprint density at radius 3 is 2.70 bits per heavy atom. The summed E-state index contributed by atoms with van der Waals surface area (Å²) < 4.78 is 34.4. The van der Waals surface area contributed by atoms with Gasteiger partial charge in [0.25, 0.3) is 5.91 Å². The van der Waals surface area contributed by atoms with Crippen LogP contribution in [0, 0.1) is 18.6 Å². The fourth-order valence-electron chi connectivity index (χ4n) is 2.65. The van der Waals surface area contributed by atoms with E-state index in [1.807, 2.05) is 6.92 Å². The summed E-state index contributed by atoms with van der Waals surface area (Å²) in [6.07, 6.45) is 0. The topological polar surface area (TPSA) is 56.2 Å². The van der Waals surface area contributed by atoms with E-state index < -0.39 is 5.82 Å². The van der Waals surface area contributed by atoms with Gasteiger partial charge in [-0.1, -0.05) is 12.1 Å². The molecule has 0 aliphatic heterocycles. The van der Waals surface area contributed by atoms with Crippen LogP contribution in [0.15, 0.2) is 48.5 Å². The molecular formula is C20H19F2N3O2. The Balaban J connectivity index is 1.68. The molecular weight excluding hydrogens is 352 g/mol. The van der Waals surface area contributed by atoms with Gasteiger partial charge in [0.15, 0.2) is 11.6 Å². The molecule has 0 spiro atoms. The first-order valence-electron chi connectivity index (χ1n) is 8.49. The molecule has 5 nitrogen and oxygen atoms in total. The molecule has 0 fully saturated rings. The van der Waals surface area contributed by atoms with Gasteiger partial charge >= 0.3 is 0 Å². The minimum atomic E-state index is -0.621. The number of benzene rings is 2. The predicted octanol–water partition coefficient (Wildman–Crippen LogP) is 4.32. The Morgan fingerprint density at radius 2 is 2.00 bits per heavy atom. The predicted molar refractivity (Wildman–Crippen MR) is 97.7 cm³/mol. The molecule has 7 heteroatoms. The summed E-state index contributed by atoms with van der Waals surface area (Å²) >= 11 is 0. The third-order valence-electron chi connectivity index (χ3n) is 3.91. The van der Waals surface area contributed by atoms with Gasteiger partial charge in [0.05, 0.1) is 5.69 Å². The standard InChI is InChI=1S/C20H19F2N3O2/c1-3-25-18(9-13(2)24-25)20(26)23-16-7-8-19(17(22)11-16)27-12-14-5-4-6-15(21)10-14/h4-11H,3,12H2,1-2H3,(H,23,26). The fraction of sp³-hybridized carbons (Fsp3) is 0.200. The Labute approximate surface area is 155 Å². The van der Waals surface area contributed by atoms with E-state index in [1.54, 1.807) is 35.9 Å². The zero-order valence-electron chi connectivity index (χ0n) is 15.0. The number of hydrogen-bond donors (Lipinski definition) is 1. The van der Waals surface area contributed by atoms with Crippen LogP contribution in [0.25, 0.3) is 0 Å². The second-order valence-corrected chi connectivity index (χ2v) is 6.00. The van der Waals surface area contributed by atoms with Crippen LogP contribution < -0.4 is 10.1 Å². The zero-order valence-corrected chi connectivity index (χ0v) is 15.0. The number of nitrogens with zero attached hydrogens (tertiary/aromatic N) is 2. The van der Waals surface area contributed by atoms with Crippen molar-refractivity contribution in [2.24, 2.45) is 0 Å². The highest BCUT2D eigenvalue weighted by atomic mass is 19.1. The van der Waals surface area contributed by atoms with Crippen molar-refractivity contribution in [2.45, 2.75) is 27.0 Å². The van der Waals surface area contributed by atoms with Crippen LogP contribution >= 0.6 is 0 Å². The normalized spacial score (nSPS) is 10.7. The highest BCUT2D eigenvalue weighted by molar-refractivity contribution is 6.03. The van der Waals surface area contributed by atoms with Crippen molar-refractivity contribution in [3.63, 3.8) is 0 Å². The van der Waals surface area contributed by atoms with Gasteiger partial charge in [-0.25, -0.2) is 8.78 Å². The number of halogens is 2. The fourth-order valence-corrected chi connectivity index (χ4v) is 2.65. The van der Waals surface area contributed by atoms with Gasteiger partial charge < -0.3 is 10.1 Å². The third kappa shape index (κ3) is 4.49. The van der Waals surface area contributed by atoms with E-state index in [4.69, 9.17) is 4.74 Å². The molecule has 0 atom stereocenters. The summed E-state index contributed by atoms with van der Waals surface area (Å²) in [6.45, 7) is 4.27. The lowest BCUT2D eigenvalue weighted by Crippen LogP contribution is -2.17. The number of aromatic nitrogens is 2. The van der Waals surface area contributed by atoms with Gasteiger partial charge in [-0.2, -0.15) is 5.10 Å². The molecule has 3 aromatic rings. The van der Waals surface area contributed by atoms with Crippen molar-refractivity contribution in [3.8, 4) is 5.75 Å². The number of carbonyl (C=O) groups is 1. The molecule has 0 saturated carbocycles. The van der Waals surface area contributed by atoms with E-state index in [1.165, 1.54) is 24.3 Å². The number of aryl methyl sites for hydroxylation is 2. The lowest BCUT2D eigenvalue weighted by Gasteiger charge is -2.10. The Bertz CT molecular complexity index is 970. The summed E-state index contributed by atoms with van der Waals surface area (Å²) in [6, 6.07) is 11.7. The number of amides is 1. The number of anilines is 1. The van der Waals surface area contributed by atoms with Crippen molar-refractivity contribution in [2.75, 3.05) is 5.32 Å². The number of nitrogens with one attached hydrogen (secondary N) is 1. The van der Waals surface area contributed by atoms with E-state index in [0.29, 0.717) is 23.5 Å². The van der Waals surface area contributed by atoms with Gasteiger partial charge in [0.2, 0.25) is 0 Å². The summed E-state index contributed by atoms with van der Waals surface area (Å²) in [5, 5.41) is 6.87. The van der Waals surface area contributed by atoms with E-state index >= 15 is 0 Å². The second-order valence-electron chi connectivity index (χ2n) is 6.00.